The Kier molecular flexibility index (Phi) is 1.97. The van der Waals surface area contributed by atoms with Crippen LogP contribution in [0.25, 0.3) is 0 Å². The number of nitrogens with zero attached hydrogens (tertiary/aromatic N) is 2. The average molecular weight is 182 g/mol. The SMILES string of the molecule is O=[N+]([O-])c1[nH]ncc1C1CCCN1. The Morgan fingerprint density at radius 1 is 1.69 bits per heavy atom. The van der Waals surface area contributed by atoms with Crippen molar-refractivity contribution in [3.8, 4) is 0 Å². The van der Waals surface area contributed by atoms with E-state index < -0.39 is 4.92 Å². The Bertz CT molecular complexity index is 316. The zero-order valence-corrected chi connectivity index (χ0v) is 6.99. The molecule has 1 aliphatic heterocycles. The molecule has 2 heterocycles. The first-order chi connectivity index (χ1) is 6.29. The number of aromatic amines is 1. The van der Waals surface area contributed by atoms with Gasteiger partial charge in [0.15, 0.2) is 0 Å². The zero-order chi connectivity index (χ0) is 9.26. The molecule has 1 aromatic heterocycles. The molecule has 1 saturated heterocycles. The molecule has 1 aromatic rings. The van der Waals surface area contributed by atoms with Gasteiger partial charge in [-0.15, -0.1) is 5.10 Å². The summed E-state index contributed by atoms with van der Waals surface area (Å²) in [5, 5.41) is 19.8. The quantitative estimate of drug-likeness (QED) is 0.522. The maximum absolute atomic E-state index is 10.5. The molecular formula is C7H10N4O2. The normalized spacial score (nSPS) is 22.0. The van der Waals surface area contributed by atoms with E-state index in [0.717, 1.165) is 19.4 Å². The van der Waals surface area contributed by atoms with E-state index in [1.54, 1.807) is 0 Å². The van der Waals surface area contributed by atoms with Gasteiger partial charge in [0, 0.05) is 6.04 Å². The van der Waals surface area contributed by atoms with Crippen LogP contribution in [0.4, 0.5) is 5.82 Å². The summed E-state index contributed by atoms with van der Waals surface area (Å²) in [6.07, 6.45) is 3.54. The molecule has 70 valence electrons. The lowest BCUT2D eigenvalue weighted by molar-refractivity contribution is -0.390. The second kappa shape index (κ2) is 3.14. The Balaban J connectivity index is 2.28. The summed E-state index contributed by atoms with van der Waals surface area (Å²) in [6.45, 7) is 0.924. The lowest BCUT2D eigenvalue weighted by Gasteiger charge is -2.05. The molecule has 2 N–H and O–H groups in total. The van der Waals surface area contributed by atoms with Crippen LogP contribution in [0.3, 0.4) is 0 Å². The first-order valence-corrected chi connectivity index (χ1v) is 4.20. The molecule has 0 aromatic carbocycles. The molecule has 0 amide bonds. The van der Waals surface area contributed by atoms with Gasteiger partial charge in [0.2, 0.25) is 0 Å². The van der Waals surface area contributed by atoms with E-state index in [9.17, 15) is 10.1 Å². The third kappa shape index (κ3) is 1.40. The van der Waals surface area contributed by atoms with Crippen molar-refractivity contribution in [1.82, 2.24) is 15.5 Å². The van der Waals surface area contributed by atoms with Crippen molar-refractivity contribution < 1.29 is 4.92 Å². The lowest BCUT2D eigenvalue weighted by atomic mass is 10.1. The van der Waals surface area contributed by atoms with Crippen LogP contribution < -0.4 is 5.32 Å². The van der Waals surface area contributed by atoms with E-state index in [4.69, 9.17) is 0 Å². The van der Waals surface area contributed by atoms with Gasteiger partial charge in [-0.2, -0.15) is 0 Å². The van der Waals surface area contributed by atoms with Crippen LogP contribution in [-0.2, 0) is 0 Å². The summed E-state index contributed by atoms with van der Waals surface area (Å²) in [5.74, 6) is 0.0133. The van der Waals surface area contributed by atoms with Crippen LogP contribution in [-0.4, -0.2) is 21.7 Å². The smallest absolute Gasteiger partial charge is 0.347 e. The first kappa shape index (κ1) is 8.18. The van der Waals surface area contributed by atoms with Crippen LogP contribution in [0.1, 0.15) is 24.4 Å². The predicted molar refractivity (Wildman–Crippen MR) is 45.2 cm³/mol. The van der Waals surface area contributed by atoms with E-state index in [-0.39, 0.29) is 11.9 Å². The Labute approximate surface area is 74.5 Å². The molecule has 0 radical (unpaired) electrons. The summed E-state index contributed by atoms with van der Waals surface area (Å²) in [6, 6.07) is 0.0964. The number of rotatable bonds is 2. The van der Waals surface area contributed by atoms with Gasteiger partial charge in [-0.3, -0.25) is 0 Å². The third-order valence-corrected chi connectivity index (χ3v) is 2.27. The molecule has 0 spiro atoms. The van der Waals surface area contributed by atoms with E-state index in [2.05, 4.69) is 15.5 Å². The third-order valence-electron chi connectivity index (χ3n) is 2.27. The first-order valence-electron chi connectivity index (χ1n) is 4.20. The molecule has 6 nitrogen and oxygen atoms in total. The van der Waals surface area contributed by atoms with Gasteiger partial charge in [-0.1, -0.05) is 5.10 Å². The molecule has 1 aliphatic rings. The fourth-order valence-electron chi connectivity index (χ4n) is 1.64. The van der Waals surface area contributed by atoms with Crippen molar-refractivity contribution >= 4 is 5.82 Å². The Morgan fingerprint density at radius 2 is 2.54 bits per heavy atom. The molecule has 1 atom stereocenters. The summed E-state index contributed by atoms with van der Waals surface area (Å²) in [5.41, 5.74) is 0.669. The standard InChI is InChI=1S/C7H10N4O2/c12-11(13)7-5(4-9-10-7)6-2-1-3-8-6/h4,6,8H,1-3H2,(H,9,10). The summed E-state index contributed by atoms with van der Waals surface area (Å²) >= 11 is 0. The van der Waals surface area contributed by atoms with Crippen molar-refractivity contribution in [3.05, 3.63) is 21.9 Å². The molecule has 0 saturated carbocycles. The van der Waals surface area contributed by atoms with Crippen LogP contribution in [0.5, 0.6) is 0 Å². The van der Waals surface area contributed by atoms with Crippen LogP contribution >= 0.6 is 0 Å². The fourth-order valence-corrected chi connectivity index (χ4v) is 1.64. The van der Waals surface area contributed by atoms with Gasteiger partial charge in [-0.05, 0) is 24.3 Å². The Morgan fingerprint density at radius 3 is 3.15 bits per heavy atom. The highest BCUT2D eigenvalue weighted by Crippen LogP contribution is 2.28. The minimum atomic E-state index is -0.428. The highest BCUT2D eigenvalue weighted by molar-refractivity contribution is 5.33. The molecule has 6 heteroatoms. The summed E-state index contributed by atoms with van der Waals surface area (Å²) < 4.78 is 0. The molecule has 0 aliphatic carbocycles. The average Bonchev–Trinajstić information content (AvgIpc) is 2.74. The lowest BCUT2D eigenvalue weighted by Crippen LogP contribution is -2.13. The number of hydrogen-bond acceptors (Lipinski definition) is 4. The fraction of sp³-hybridized carbons (Fsp3) is 0.571. The molecule has 0 bridgehead atoms. The van der Waals surface area contributed by atoms with Gasteiger partial charge in [0.1, 0.15) is 0 Å². The van der Waals surface area contributed by atoms with Crippen molar-refractivity contribution in [1.29, 1.82) is 0 Å². The van der Waals surface area contributed by atoms with Crippen LogP contribution in [0.2, 0.25) is 0 Å². The van der Waals surface area contributed by atoms with Crippen molar-refractivity contribution in [3.63, 3.8) is 0 Å². The molecule has 1 fully saturated rings. The van der Waals surface area contributed by atoms with Gasteiger partial charge >= 0.3 is 5.82 Å². The van der Waals surface area contributed by atoms with Crippen molar-refractivity contribution in [2.24, 2.45) is 0 Å². The molecular weight excluding hydrogens is 172 g/mol. The van der Waals surface area contributed by atoms with Crippen LogP contribution in [0, 0.1) is 10.1 Å². The second-order valence-corrected chi connectivity index (χ2v) is 3.08. The number of H-pyrrole nitrogens is 1. The van der Waals surface area contributed by atoms with E-state index in [1.165, 1.54) is 6.20 Å². The van der Waals surface area contributed by atoms with Crippen molar-refractivity contribution in [2.45, 2.75) is 18.9 Å². The maximum Gasteiger partial charge on any atom is 0.347 e. The molecule has 2 rings (SSSR count). The number of nitrogens with one attached hydrogen (secondary N) is 2. The van der Waals surface area contributed by atoms with E-state index in [0.29, 0.717) is 5.56 Å². The van der Waals surface area contributed by atoms with Gasteiger partial charge in [0.05, 0.1) is 11.8 Å². The topological polar surface area (TPSA) is 83.8 Å². The Hall–Kier alpha value is -1.43. The molecule has 1 unspecified atom stereocenters. The summed E-state index contributed by atoms with van der Waals surface area (Å²) in [7, 11) is 0. The monoisotopic (exact) mass is 182 g/mol. The zero-order valence-electron chi connectivity index (χ0n) is 6.99. The second-order valence-electron chi connectivity index (χ2n) is 3.08. The van der Waals surface area contributed by atoms with Crippen molar-refractivity contribution in [2.75, 3.05) is 6.54 Å². The largest absolute Gasteiger partial charge is 0.358 e. The van der Waals surface area contributed by atoms with Gasteiger partial charge in [0.25, 0.3) is 0 Å². The van der Waals surface area contributed by atoms with Gasteiger partial charge < -0.3 is 15.4 Å². The minimum absolute atomic E-state index is 0.0133. The summed E-state index contributed by atoms with van der Waals surface area (Å²) in [4.78, 5) is 10.1. The number of hydrogen-bond donors (Lipinski definition) is 2. The maximum atomic E-state index is 10.5. The van der Waals surface area contributed by atoms with Crippen LogP contribution in [0.15, 0.2) is 6.20 Å². The van der Waals surface area contributed by atoms with E-state index in [1.807, 2.05) is 0 Å². The highest BCUT2D eigenvalue weighted by atomic mass is 16.6. The van der Waals surface area contributed by atoms with Gasteiger partial charge in [-0.25, -0.2) is 0 Å². The highest BCUT2D eigenvalue weighted by Gasteiger charge is 2.25. The number of aromatic nitrogens is 2. The predicted octanol–water partition coefficient (Wildman–Crippen LogP) is 0.742. The number of nitro groups is 1. The van der Waals surface area contributed by atoms with E-state index >= 15 is 0 Å². The molecule has 13 heavy (non-hydrogen) atoms. The minimum Gasteiger partial charge on any atom is -0.358 e.